The quantitative estimate of drug-likeness (QED) is 0.598. The van der Waals surface area contributed by atoms with Crippen molar-refractivity contribution >= 4 is 17.5 Å². The molecule has 170 valence electrons. The van der Waals surface area contributed by atoms with Gasteiger partial charge in [-0.05, 0) is 49.7 Å². The summed E-state index contributed by atoms with van der Waals surface area (Å²) in [6.45, 7) is 2.96. The third kappa shape index (κ3) is 5.46. The van der Waals surface area contributed by atoms with Gasteiger partial charge in [-0.2, -0.15) is 0 Å². The first-order valence-electron chi connectivity index (χ1n) is 10.8. The topological polar surface area (TPSA) is 93.7 Å². The highest BCUT2D eigenvalue weighted by molar-refractivity contribution is 6.04. The molecule has 0 aliphatic carbocycles. The molecule has 0 saturated carbocycles. The van der Waals surface area contributed by atoms with Gasteiger partial charge in [-0.25, -0.2) is 9.97 Å². The van der Waals surface area contributed by atoms with Crippen LogP contribution in [0.4, 0.5) is 5.69 Å². The molecule has 3 aromatic rings. The number of para-hydroxylation sites is 1. The van der Waals surface area contributed by atoms with Crippen LogP contribution in [-0.2, 0) is 4.79 Å². The van der Waals surface area contributed by atoms with Gasteiger partial charge in [0.1, 0.15) is 17.3 Å². The van der Waals surface area contributed by atoms with E-state index in [4.69, 9.17) is 9.47 Å². The predicted octanol–water partition coefficient (Wildman–Crippen LogP) is 3.44. The van der Waals surface area contributed by atoms with Crippen LogP contribution in [0.2, 0.25) is 0 Å². The molecule has 0 unspecified atom stereocenters. The van der Waals surface area contributed by atoms with Crippen LogP contribution in [0.5, 0.6) is 11.5 Å². The van der Waals surface area contributed by atoms with Gasteiger partial charge in [0.2, 0.25) is 0 Å². The lowest BCUT2D eigenvalue weighted by Crippen LogP contribution is -2.33. The monoisotopic (exact) mass is 446 g/mol. The first-order valence-corrected chi connectivity index (χ1v) is 10.8. The summed E-state index contributed by atoms with van der Waals surface area (Å²) in [7, 11) is 1.59. The number of methoxy groups -OCH3 is 1. The Kier molecular flexibility index (Phi) is 6.83. The van der Waals surface area contributed by atoms with Crippen LogP contribution >= 0.6 is 0 Å². The van der Waals surface area contributed by atoms with E-state index in [9.17, 15) is 9.59 Å². The fraction of sp³-hybridized carbons (Fsp3) is 0.280. The average Bonchev–Trinajstić information content (AvgIpc) is 3.34. The SMILES string of the molecule is COc1ccc(NC(=O)c2cnc([C@H]3CCN(C(=O)COc4ccccc4)C3)nc2C)cc1. The number of rotatable bonds is 7. The third-order valence-corrected chi connectivity index (χ3v) is 5.60. The molecule has 0 radical (unpaired) electrons. The van der Waals surface area contributed by atoms with Gasteiger partial charge in [0, 0.05) is 30.9 Å². The summed E-state index contributed by atoms with van der Waals surface area (Å²) >= 11 is 0. The van der Waals surface area contributed by atoms with Crippen molar-refractivity contribution in [1.82, 2.24) is 14.9 Å². The van der Waals surface area contributed by atoms with Gasteiger partial charge < -0.3 is 19.7 Å². The Bertz CT molecular complexity index is 1120. The van der Waals surface area contributed by atoms with E-state index in [-0.39, 0.29) is 24.3 Å². The smallest absolute Gasteiger partial charge is 0.260 e. The van der Waals surface area contributed by atoms with Gasteiger partial charge >= 0.3 is 0 Å². The summed E-state index contributed by atoms with van der Waals surface area (Å²) in [6.07, 6.45) is 2.33. The largest absolute Gasteiger partial charge is 0.497 e. The lowest BCUT2D eigenvalue weighted by molar-refractivity contribution is -0.132. The molecule has 2 heterocycles. The second-order valence-corrected chi connectivity index (χ2v) is 7.84. The zero-order valence-electron chi connectivity index (χ0n) is 18.7. The first-order chi connectivity index (χ1) is 16.0. The molecule has 1 fully saturated rings. The molecule has 1 atom stereocenters. The van der Waals surface area contributed by atoms with E-state index in [1.165, 1.54) is 0 Å². The Hall–Kier alpha value is -3.94. The highest BCUT2D eigenvalue weighted by Gasteiger charge is 2.29. The lowest BCUT2D eigenvalue weighted by atomic mass is 10.1. The number of aryl methyl sites for hydroxylation is 1. The van der Waals surface area contributed by atoms with Crippen LogP contribution in [0.3, 0.4) is 0 Å². The molecule has 0 bridgehead atoms. The van der Waals surface area contributed by atoms with Gasteiger partial charge in [0.05, 0.1) is 18.4 Å². The Morgan fingerprint density at radius 2 is 1.85 bits per heavy atom. The highest BCUT2D eigenvalue weighted by atomic mass is 16.5. The maximum atomic E-state index is 12.7. The lowest BCUT2D eigenvalue weighted by Gasteiger charge is -2.17. The minimum atomic E-state index is -0.273. The van der Waals surface area contributed by atoms with E-state index in [0.29, 0.717) is 47.4 Å². The minimum absolute atomic E-state index is 0.00108. The number of carbonyl (C=O) groups is 2. The second kappa shape index (κ2) is 10.1. The Labute approximate surface area is 192 Å². The summed E-state index contributed by atoms with van der Waals surface area (Å²) in [5.41, 5.74) is 1.67. The Balaban J connectivity index is 1.34. The van der Waals surface area contributed by atoms with Crippen LogP contribution in [0, 0.1) is 6.92 Å². The highest BCUT2D eigenvalue weighted by Crippen LogP contribution is 2.25. The Morgan fingerprint density at radius 1 is 1.09 bits per heavy atom. The maximum Gasteiger partial charge on any atom is 0.260 e. The molecule has 8 nitrogen and oxygen atoms in total. The fourth-order valence-corrected chi connectivity index (χ4v) is 3.73. The van der Waals surface area contributed by atoms with Crippen molar-refractivity contribution in [3.8, 4) is 11.5 Å². The normalized spacial score (nSPS) is 15.2. The summed E-state index contributed by atoms with van der Waals surface area (Å²) in [4.78, 5) is 36.0. The second-order valence-electron chi connectivity index (χ2n) is 7.84. The molecule has 1 saturated heterocycles. The molecular formula is C25H26N4O4. The molecular weight excluding hydrogens is 420 g/mol. The summed E-state index contributed by atoms with van der Waals surface area (Å²) in [6, 6.07) is 16.4. The van der Waals surface area contributed by atoms with Crippen molar-refractivity contribution in [3.63, 3.8) is 0 Å². The minimum Gasteiger partial charge on any atom is -0.497 e. The predicted molar refractivity (Wildman–Crippen MR) is 124 cm³/mol. The number of nitrogens with zero attached hydrogens (tertiary/aromatic N) is 3. The molecule has 1 aromatic heterocycles. The maximum absolute atomic E-state index is 12.7. The fourth-order valence-electron chi connectivity index (χ4n) is 3.73. The van der Waals surface area contributed by atoms with E-state index in [1.54, 1.807) is 49.4 Å². The van der Waals surface area contributed by atoms with Crippen LogP contribution in [0.25, 0.3) is 0 Å². The number of likely N-dealkylation sites (tertiary alicyclic amines) is 1. The molecule has 1 aliphatic rings. The number of anilines is 1. The van der Waals surface area contributed by atoms with E-state index >= 15 is 0 Å². The zero-order chi connectivity index (χ0) is 23.2. The zero-order valence-corrected chi connectivity index (χ0v) is 18.7. The summed E-state index contributed by atoms with van der Waals surface area (Å²) in [5, 5.41) is 2.85. The number of hydrogen-bond acceptors (Lipinski definition) is 6. The number of hydrogen-bond donors (Lipinski definition) is 1. The van der Waals surface area contributed by atoms with Crippen molar-refractivity contribution in [2.45, 2.75) is 19.3 Å². The van der Waals surface area contributed by atoms with E-state index < -0.39 is 0 Å². The number of amides is 2. The van der Waals surface area contributed by atoms with Crippen molar-refractivity contribution in [3.05, 3.63) is 77.9 Å². The van der Waals surface area contributed by atoms with E-state index in [1.807, 2.05) is 30.3 Å². The summed E-state index contributed by atoms with van der Waals surface area (Å²) < 4.78 is 10.7. The van der Waals surface area contributed by atoms with E-state index in [0.717, 1.165) is 6.42 Å². The number of nitrogens with one attached hydrogen (secondary N) is 1. The summed E-state index contributed by atoms with van der Waals surface area (Å²) in [5.74, 6) is 1.73. The van der Waals surface area contributed by atoms with Gasteiger partial charge in [0.25, 0.3) is 11.8 Å². The van der Waals surface area contributed by atoms with E-state index in [2.05, 4.69) is 15.3 Å². The average molecular weight is 447 g/mol. The molecule has 2 amide bonds. The number of aromatic nitrogens is 2. The molecule has 4 rings (SSSR count). The van der Waals surface area contributed by atoms with Crippen LogP contribution in [-0.4, -0.2) is 53.5 Å². The van der Waals surface area contributed by atoms with Gasteiger partial charge in [-0.1, -0.05) is 18.2 Å². The molecule has 1 aliphatic heterocycles. The van der Waals surface area contributed by atoms with Crippen LogP contribution < -0.4 is 14.8 Å². The van der Waals surface area contributed by atoms with Crippen molar-refractivity contribution in [2.24, 2.45) is 0 Å². The molecule has 8 heteroatoms. The molecule has 2 aromatic carbocycles. The van der Waals surface area contributed by atoms with Crippen molar-refractivity contribution in [1.29, 1.82) is 0 Å². The van der Waals surface area contributed by atoms with Gasteiger partial charge in [-0.3, -0.25) is 9.59 Å². The van der Waals surface area contributed by atoms with Crippen LogP contribution in [0.15, 0.2) is 60.8 Å². The van der Waals surface area contributed by atoms with Crippen molar-refractivity contribution < 1.29 is 19.1 Å². The molecule has 33 heavy (non-hydrogen) atoms. The molecule has 1 N–H and O–H groups in total. The third-order valence-electron chi connectivity index (χ3n) is 5.60. The van der Waals surface area contributed by atoms with Gasteiger partial charge in [0.15, 0.2) is 6.61 Å². The van der Waals surface area contributed by atoms with Gasteiger partial charge in [-0.15, -0.1) is 0 Å². The van der Waals surface area contributed by atoms with Crippen LogP contribution in [0.1, 0.15) is 34.2 Å². The Morgan fingerprint density at radius 3 is 2.55 bits per heavy atom. The van der Waals surface area contributed by atoms with Crippen molar-refractivity contribution in [2.75, 3.05) is 32.1 Å². The number of ether oxygens (including phenoxy) is 2. The standard InChI is InChI=1S/C25H26N4O4/c1-17-22(25(31)28-19-8-10-20(32-2)11-9-19)14-26-24(27-17)18-12-13-29(15-18)23(30)16-33-21-6-4-3-5-7-21/h3-11,14,18H,12-13,15-16H2,1-2H3,(H,28,31)/t18-/m0/s1. The number of carbonyl (C=O) groups excluding carboxylic acids is 2. The number of benzene rings is 2. The first kappa shape index (κ1) is 22.3. The molecule has 0 spiro atoms.